The van der Waals surface area contributed by atoms with Crippen LogP contribution in [0.15, 0.2) is 0 Å². The first-order valence-electron chi connectivity index (χ1n) is 7.48. The Bertz CT molecular complexity index is 402. The molecule has 7 heteroatoms. The third-order valence-corrected chi connectivity index (χ3v) is 7.17. The zero-order chi connectivity index (χ0) is 14.6. The normalized spacial score (nSPS) is 33.2. The topological polar surface area (TPSA) is 69.6 Å². The van der Waals surface area contributed by atoms with Gasteiger partial charge in [0.25, 0.3) is 10.2 Å². The van der Waals surface area contributed by atoms with Gasteiger partial charge in [0.2, 0.25) is 0 Å². The lowest BCUT2D eigenvalue weighted by Crippen LogP contribution is -2.52. The molecule has 118 valence electrons. The first-order chi connectivity index (χ1) is 9.56. The van der Waals surface area contributed by atoms with Gasteiger partial charge >= 0.3 is 0 Å². The van der Waals surface area contributed by atoms with Gasteiger partial charge in [-0.3, -0.25) is 0 Å². The van der Waals surface area contributed by atoms with E-state index in [4.69, 9.17) is 0 Å². The van der Waals surface area contributed by atoms with E-state index in [-0.39, 0.29) is 18.6 Å². The summed E-state index contributed by atoms with van der Waals surface area (Å²) in [7, 11) is -3.41. The molecule has 0 aromatic heterocycles. The zero-order valence-corrected chi connectivity index (χ0v) is 13.8. The summed E-state index contributed by atoms with van der Waals surface area (Å²) in [6, 6.07) is 0.0539. The summed E-state index contributed by atoms with van der Waals surface area (Å²) in [4.78, 5) is 0. The Labute approximate surface area is 126 Å². The smallest absolute Gasteiger partial charge is 0.279 e. The summed E-state index contributed by atoms with van der Waals surface area (Å²) >= 11 is 1.76. The van der Waals surface area contributed by atoms with Crippen LogP contribution in [0.1, 0.15) is 38.5 Å². The molecular formula is C13H26N2O3S2. The molecule has 0 aromatic carbocycles. The summed E-state index contributed by atoms with van der Waals surface area (Å²) in [5.41, 5.74) is 0. The van der Waals surface area contributed by atoms with Crippen LogP contribution in [0.5, 0.6) is 0 Å². The van der Waals surface area contributed by atoms with Gasteiger partial charge in [0.05, 0.1) is 0 Å². The number of aliphatic hydroxyl groups excluding tert-OH is 1. The predicted molar refractivity (Wildman–Crippen MR) is 83.0 cm³/mol. The van der Waals surface area contributed by atoms with Gasteiger partial charge in [0.1, 0.15) is 0 Å². The number of thioether (sulfide) groups is 1. The maximum atomic E-state index is 12.5. The summed E-state index contributed by atoms with van der Waals surface area (Å²) in [5, 5.41) is 9.62. The molecule has 1 aliphatic carbocycles. The number of hydrogen-bond donors (Lipinski definition) is 2. The summed E-state index contributed by atoms with van der Waals surface area (Å²) in [5.74, 6) is 0.0861. The van der Waals surface area contributed by atoms with Crippen LogP contribution in [0.3, 0.4) is 0 Å². The lowest BCUT2D eigenvalue weighted by atomic mass is 9.96. The van der Waals surface area contributed by atoms with E-state index in [1.165, 1.54) is 10.7 Å². The summed E-state index contributed by atoms with van der Waals surface area (Å²) < 4.78 is 29.4. The van der Waals surface area contributed by atoms with Gasteiger partial charge in [-0.05, 0) is 37.9 Å². The van der Waals surface area contributed by atoms with Crippen LogP contribution in [-0.4, -0.2) is 55.1 Å². The van der Waals surface area contributed by atoms with E-state index in [1.807, 2.05) is 0 Å². The van der Waals surface area contributed by atoms with Crippen LogP contribution in [0, 0.1) is 5.92 Å². The molecule has 2 rings (SSSR count). The molecule has 5 nitrogen and oxygen atoms in total. The molecule has 0 amide bonds. The minimum Gasteiger partial charge on any atom is -0.396 e. The Morgan fingerprint density at radius 3 is 2.70 bits per heavy atom. The van der Waals surface area contributed by atoms with Crippen LogP contribution in [0.2, 0.25) is 0 Å². The number of aliphatic hydroxyl groups is 1. The van der Waals surface area contributed by atoms with Crippen LogP contribution < -0.4 is 4.72 Å². The second kappa shape index (κ2) is 7.45. The molecule has 1 saturated heterocycles. The fourth-order valence-electron chi connectivity index (χ4n) is 3.17. The van der Waals surface area contributed by atoms with E-state index in [0.29, 0.717) is 18.3 Å². The molecule has 0 aromatic rings. The first kappa shape index (κ1) is 16.5. The van der Waals surface area contributed by atoms with Crippen molar-refractivity contribution < 1.29 is 13.5 Å². The van der Waals surface area contributed by atoms with Crippen molar-refractivity contribution in [2.24, 2.45) is 5.92 Å². The van der Waals surface area contributed by atoms with Gasteiger partial charge in [-0.25, -0.2) is 0 Å². The number of hydrogen-bond acceptors (Lipinski definition) is 4. The van der Waals surface area contributed by atoms with Crippen LogP contribution in [-0.2, 0) is 10.2 Å². The molecular weight excluding hydrogens is 296 g/mol. The van der Waals surface area contributed by atoms with Crippen molar-refractivity contribution in [3.8, 4) is 0 Å². The number of piperidine rings is 1. The Morgan fingerprint density at radius 2 is 2.00 bits per heavy atom. The number of nitrogens with zero attached hydrogens (tertiary/aromatic N) is 1. The molecule has 20 heavy (non-hydrogen) atoms. The predicted octanol–water partition coefficient (Wildman–Crippen LogP) is 1.20. The molecule has 3 atom stereocenters. The maximum absolute atomic E-state index is 12.5. The molecule has 2 aliphatic rings. The van der Waals surface area contributed by atoms with Crippen molar-refractivity contribution in [2.45, 2.75) is 49.8 Å². The van der Waals surface area contributed by atoms with Crippen LogP contribution >= 0.6 is 11.8 Å². The van der Waals surface area contributed by atoms with E-state index >= 15 is 0 Å². The van der Waals surface area contributed by atoms with Crippen molar-refractivity contribution in [3.63, 3.8) is 0 Å². The minimum absolute atomic E-state index is 0.0539. The van der Waals surface area contributed by atoms with Crippen molar-refractivity contribution in [1.82, 2.24) is 9.03 Å². The minimum atomic E-state index is -3.41. The van der Waals surface area contributed by atoms with Crippen LogP contribution in [0.4, 0.5) is 0 Å². The van der Waals surface area contributed by atoms with Gasteiger partial charge in [-0.1, -0.05) is 12.8 Å². The van der Waals surface area contributed by atoms with Crippen molar-refractivity contribution >= 4 is 22.0 Å². The van der Waals surface area contributed by atoms with Crippen LogP contribution in [0.25, 0.3) is 0 Å². The summed E-state index contributed by atoms with van der Waals surface area (Å²) in [6.45, 7) is 1.09. The standard InChI is InChI=1S/C13H26N2O3S2/c1-19-13-7-3-2-6-12(13)14-20(17,18)15-8-4-5-11(9-15)10-16/h11-14,16H,2-10H2,1H3. The highest BCUT2D eigenvalue weighted by molar-refractivity contribution is 7.99. The third kappa shape index (κ3) is 4.10. The largest absolute Gasteiger partial charge is 0.396 e. The Morgan fingerprint density at radius 1 is 1.25 bits per heavy atom. The molecule has 2 N–H and O–H groups in total. The fraction of sp³-hybridized carbons (Fsp3) is 1.00. The lowest BCUT2D eigenvalue weighted by Gasteiger charge is -2.35. The second-order valence-electron chi connectivity index (χ2n) is 5.84. The number of rotatable bonds is 5. The van der Waals surface area contributed by atoms with Gasteiger partial charge in [-0.15, -0.1) is 0 Å². The molecule has 2 fully saturated rings. The maximum Gasteiger partial charge on any atom is 0.279 e. The van der Waals surface area contributed by atoms with E-state index in [1.54, 1.807) is 11.8 Å². The molecule has 3 unspecified atom stereocenters. The van der Waals surface area contributed by atoms with E-state index < -0.39 is 10.2 Å². The SMILES string of the molecule is CSC1CCCCC1NS(=O)(=O)N1CCCC(CO)C1. The molecule has 0 radical (unpaired) electrons. The Balaban J connectivity index is 1.98. The molecule has 1 saturated carbocycles. The second-order valence-corrected chi connectivity index (χ2v) is 8.62. The van der Waals surface area contributed by atoms with Crippen molar-refractivity contribution in [1.29, 1.82) is 0 Å². The van der Waals surface area contributed by atoms with Gasteiger partial charge in [-0.2, -0.15) is 29.2 Å². The highest BCUT2D eigenvalue weighted by atomic mass is 32.2. The third-order valence-electron chi connectivity index (χ3n) is 4.39. The molecule has 1 heterocycles. The zero-order valence-electron chi connectivity index (χ0n) is 12.1. The average molecular weight is 322 g/mol. The highest BCUT2D eigenvalue weighted by Gasteiger charge is 2.33. The van der Waals surface area contributed by atoms with E-state index in [9.17, 15) is 13.5 Å². The molecule has 0 bridgehead atoms. The summed E-state index contributed by atoms with van der Waals surface area (Å²) in [6.07, 6.45) is 8.13. The van der Waals surface area contributed by atoms with Crippen molar-refractivity contribution in [2.75, 3.05) is 26.0 Å². The Kier molecular flexibility index (Phi) is 6.16. The first-order valence-corrected chi connectivity index (χ1v) is 10.2. The number of nitrogens with one attached hydrogen (secondary N) is 1. The lowest BCUT2D eigenvalue weighted by molar-refractivity contribution is 0.164. The fourth-order valence-corrected chi connectivity index (χ4v) is 5.79. The molecule has 1 aliphatic heterocycles. The van der Waals surface area contributed by atoms with E-state index in [0.717, 1.165) is 32.1 Å². The average Bonchev–Trinajstić information content (AvgIpc) is 2.47. The molecule has 0 spiro atoms. The van der Waals surface area contributed by atoms with Gasteiger partial charge in [0, 0.05) is 31.0 Å². The monoisotopic (exact) mass is 322 g/mol. The highest BCUT2D eigenvalue weighted by Crippen LogP contribution is 2.28. The van der Waals surface area contributed by atoms with Crippen molar-refractivity contribution in [3.05, 3.63) is 0 Å². The Hall–Kier alpha value is 0.180. The quantitative estimate of drug-likeness (QED) is 0.798. The van der Waals surface area contributed by atoms with Gasteiger partial charge in [0.15, 0.2) is 0 Å². The van der Waals surface area contributed by atoms with E-state index in [2.05, 4.69) is 11.0 Å². The van der Waals surface area contributed by atoms with Gasteiger partial charge < -0.3 is 5.11 Å².